The standard InChI is InChI=1S/C20H30N2O3/c1-2-17(18-6-4-3-5-7-18)14-21-19(23)22-10-13-25-16-20(15-22)8-11-24-12-9-20/h3-7,17H,2,8-16H2,1H3,(H,21,23)/t17-/m1/s1. The third-order valence-electron chi connectivity index (χ3n) is 5.54. The molecule has 5 heteroatoms. The Balaban J connectivity index is 1.57. The summed E-state index contributed by atoms with van der Waals surface area (Å²) in [4.78, 5) is 14.7. The van der Waals surface area contributed by atoms with Crippen LogP contribution in [0.5, 0.6) is 0 Å². The van der Waals surface area contributed by atoms with E-state index in [1.54, 1.807) is 0 Å². The minimum atomic E-state index is 0.0331. The predicted molar refractivity (Wildman–Crippen MR) is 97.8 cm³/mol. The van der Waals surface area contributed by atoms with Gasteiger partial charge >= 0.3 is 6.03 Å². The number of carbonyl (C=O) groups is 1. The van der Waals surface area contributed by atoms with Gasteiger partial charge in [-0.3, -0.25) is 0 Å². The summed E-state index contributed by atoms with van der Waals surface area (Å²) in [6, 6.07) is 10.4. The highest BCUT2D eigenvalue weighted by atomic mass is 16.5. The Kier molecular flexibility index (Phi) is 6.32. The van der Waals surface area contributed by atoms with Gasteiger partial charge in [-0.05, 0) is 24.8 Å². The van der Waals surface area contributed by atoms with E-state index in [0.717, 1.165) is 45.6 Å². The van der Waals surface area contributed by atoms with Crippen molar-refractivity contribution in [3.63, 3.8) is 0 Å². The first-order valence-corrected chi connectivity index (χ1v) is 9.46. The fourth-order valence-electron chi connectivity index (χ4n) is 3.82. The minimum absolute atomic E-state index is 0.0331. The minimum Gasteiger partial charge on any atom is -0.381 e. The zero-order valence-electron chi connectivity index (χ0n) is 15.2. The number of urea groups is 1. The quantitative estimate of drug-likeness (QED) is 0.912. The zero-order valence-corrected chi connectivity index (χ0v) is 15.2. The predicted octanol–water partition coefficient (Wildman–Crippen LogP) is 3.02. The number of rotatable bonds is 4. The molecule has 3 rings (SSSR count). The Morgan fingerprint density at radius 1 is 1.20 bits per heavy atom. The molecule has 2 heterocycles. The molecule has 1 atom stereocenters. The first-order valence-electron chi connectivity index (χ1n) is 9.46. The lowest BCUT2D eigenvalue weighted by Crippen LogP contribution is -2.48. The number of nitrogens with zero attached hydrogens (tertiary/aromatic N) is 1. The van der Waals surface area contributed by atoms with E-state index in [0.29, 0.717) is 25.6 Å². The number of amides is 2. The van der Waals surface area contributed by atoms with E-state index < -0.39 is 0 Å². The maximum Gasteiger partial charge on any atom is 0.317 e. The van der Waals surface area contributed by atoms with Crippen molar-refractivity contribution in [1.82, 2.24) is 10.2 Å². The summed E-state index contributed by atoms with van der Waals surface area (Å²) < 4.78 is 11.3. The molecule has 1 aromatic rings. The lowest BCUT2D eigenvalue weighted by atomic mass is 9.80. The molecule has 2 saturated heterocycles. The van der Waals surface area contributed by atoms with Crippen LogP contribution in [0.1, 0.15) is 37.7 Å². The van der Waals surface area contributed by atoms with Crippen LogP contribution in [0.2, 0.25) is 0 Å². The summed E-state index contributed by atoms with van der Waals surface area (Å²) in [7, 11) is 0. The second-order valence-corrected chi connectivity index (χ2v) is 7.29. The lowest BCUT2D eigenvalue weighted by Gasteiger charge is -2.38. The Bertz CT molecular complexity index is 543. The molecular weight excluding hydrogens is 316 g/mol. The highest BCUT2D eigenvalue weighted by molar-refractivity contribution is 5.74. The Labute approximate surface area is 150 Å². The van der Waals surface area contributed by atoms with Gasteiger partial charge in [0.25, 0.3) is 0 Å². The van der Waals surface area contributed by atoms with Crippen LogP contribution < -0.4 is 5.32 Å². The molecule has 2 amide bonds. The van der Waals surface area contributed by atoms with Crippen LogP contribution >= 0.6 is 0 Å². The number of carbonyl (C=O) groups excluding carboxylic acids is 1. The molecule has 138 valence electrons. The average molecular weight is 346 g/mol. The second-order valence-electron chi connectivity index (χ2n) is 7.29. The molecule has 2 aliphatic rings. The molecular formula is C20H30N2O3. The number of benzene rings is 1. The summed E-state index contributed by atoms with van der Waals surface area (Å²) in [5.74, 6) is 0.352. The smallest absolute Gasteiger partial charge is 0.317 e. The SMILES string of the molecule is CC[C@H](CNC(=O)N1CCOCC2(CCOCC2)C1)c1ccccc1. The summed E-state index contributed by atoms with van der Waals surface area (Å²) in [5, 5.41) is 3.15. The third-order valence-corrected chi connectivity index (χ3v) is 5.54. The molecule has 1 aromatic carbocycles. The first kappa shape index (κ1) is 18.2. The van der Waals surface area contributed by atoms with E-state index in [4.69, 9.17) is 9.47 Å². The number of hydrogen-bond acceptors (Lipinski definition) is 3. The van der Waals surface area contributed by atoms with Crippen LogP contribution in [0.15, 0.2) is 30.3 Å². The summed E-state index contributed by atoms with van der Waals surface area (Å²) in [6.07, 6.45) is 2.95. The largest absolute Gasteiger partial charge is 0.381 e. The maximum absolute atomic E-state index is 12.8. The monoisotopic (exact) mass is 346 g/mol. The van der Waals surface area contributed by atoms with E-state index in [2.05, 4.69) is 36.5 Å². The van der Waals surface area contributed by atoms with Crippen LogP contribution in [0.3, 0.4) is 0 Å². The molecule has 25 heavy (non-hydrogen) atoms. The molecule has 0 unspecified atom stereocenters. The lowest BCUT2D eigenvalue weighted by molar-refractivity contribution is -0.0295. The maximum atomic E-state index is 12.8. The van der Waals surface area contributed by atoms with Gasteiger partial charge in [0.1, 0.15) is 0 Å². The molecule has 2 aliphatic heterocycles. The van der Waals surface area contributed by atoms with Crippen molar-refractivity contribution in [3.8, 4) is 0 Å². The van der Waals surface area contributed by atoms with Crippen molar-refractivity contribution in [2.75, 3.05) is 46.1 Å². The van der Waals surface area contributed by atoms with Crippen LogP contribution in [0, 0.1) is 5.41 Å². The van der Waals surface area contributed by atoms with E-state index in [1.165, 1.54) is 5.56 Å². The van der Waals surface area contributed by atoms with Gasteiger partial charge in [0.15, 0.2) is 0 Å². The molecule has 0 aliphatic carbocycles. The van der Waals surface area contributed by atoms with E-state index in [-0.39, 0.29) is 11.4 Å². The van der Waals surface area contributed by atoms with Crippen molar-refractivity contribution in [3.05, 3.63) is 35.9 Å². The number of ether oxygens (including phenoxy) is 2. The summed E-state index contributed by atoms with van der Waals surface area (Å²) >= 11 is 0. The summed E-state index contributed by atoms with van der Waals surface area (Å²) in [6.45, 7) is 7.16. The molecule has 2 fully saturated rings. The molecule has 5 nitrogen and oxygen atoms in total. The topological polar surface area (TPSA) is 50.8 Å². The van der Waals surface area contributed by atoms with Crippen molar-refractivity contribution in [2.45, 2.75) is 32.1 Å². The fourth-order valence-corrected chi connectivity index (χ4v) is 3.82. The van der Waals surface area contributed by atoms with Gasteiger partial charge in [0, 0.05) is 44.2 Å². The van der Waals surface area contributed by atoms with Gasteiger partial charge in [-0.1, -0.05) is 37.3 Å². The molecule has 0 bridgehead atoms. The Morgan fingerprint density at radius 2 is 1.96 bits per heavy atom. The normalized spacial score (nSPS) is 21.6. The van der Waals surface area contributed by atoms with Crippen LogP contribution in [0.4, 0.5) is 4.79 Å². The first-order chi connectivity index (χ1) is 12.2. The van der Waals surface area contributed by atoms with Crippen LogP contribution in [-0.4, -0.2) is 57.0 Å². The van der Waals surface area contributed by atoms with Gasteiger partial charge in [-0.2, -0.15) is 0 Å². The molecule has 0 radical (unpaired) electrons. The molecule has 0 saturated carbocycles. The second kappa shape index (κ2) is 8.68. The van der Waals surface area contributed by atoms with Gasteiger partial charge in [0.05, 0.1) is 13.2 Å². The van der Waals surface area contributed by atoms with E-state index in [9.17, 15) is 4.79 Å². The Hall–Kier alpha value is -1.59. The van der Waals surface area contributed by atoms with Crippen molar-refractivity contribution in [1.29, 1.82) is 0 Å². The Morgan fingerprint density at radius 3 is 2.68 bits per heavy atom. The van der Waals surface area contributed by atoms with Crippen LogP contribution in [0.25, 0.3) is 0 Å². The molecule has 1 N–H and O–H groups in total. The van der Waals surface area contributed by atoms with Crippen LogP contribution in [-0.2, 0) is 9.47 Å². The van der Waals surface area contributed by atoms with Crippen molar-refractivity contribution in [2.24, 2.45) is 5.41 Å². The third kappa shape index (κ3) is 4.73. The number of hydrogen-bond donors (Lipinski definition) is 1. The van der Waals surface area contributed by atoms with Gasteiger partial charge in [-0.25, -0.2) is 4.79 Å². The van der Waals surface area contributed by atoms with Crippen molar-refractivity contribution < 1.29 is 14.3 Å². The van der Waals surface area contributed by atoms with E-state index >= 15 is 0 Å². The van der Waals surface area contributed by atoms with Crippen molar-refractivity contribution >= 4 is 6.03 Å². The number of nitrogens with one attached hydrogen (secondary N) is 1. The highest BCUT2D eigenvalue weighted by Gasteiger charge is 2.37. The summed E-state index contributed by atoms with van der Waals surface area (Å²) in [5.41, 5.74) is 1.35. The van der Waals surface area contributed by atoms with Gasteiger partial charge in [0.2, 0.25) is 0 Å². The van der Waals surface area contributed by atoms with E-state index in [1.807, 2.05) is 11.0 Å². The molecule has 1 spiro atoms. The highest BCUT2D eigenvalue weighted by Crippen LogP contribution is 2.33. The van der Waals surface area contributed by atoms with Gasteiger partial charge < -0.3 is 19.7 Å². The fraction of sp³-hybridized carbons (Fsp3) is 0.650. The van der Waals surface area contributed by atoms with Gasteiger partial charge in [-0.15, -0.1) is 0 Å². The zero-order chi connectivity index (χ0) is 17.5. The average Bonchev–Trinajstić information content (AvgIpc) is 2.86. The molecule has 0 aromatic heterocycles.